The van der Waals surface area contributed by atoms with Crippen molar-refractivity contribution in [3.63, 3.8) is 0 Å². The lowest BCUT2D eigenvalue weighted by atomic mass is 10.0. The maximum atomic E-state index is 13.4. The summed E-state index contributed by atoms with van der Waals surface area (Å²) in [5.41, 5.74) is -0.471. The van der Waals surface area contributed by atoms with E-state index in [4.69, 9.17) is 16.3 Å². The number of esters is 1. The summed E-state index contributed by atoms with van der Waals surface area (Å²) in [5.74, 6) is -0.908. The third-order valence-corrected chi connectivity index (χ3v) is 4.18. The molecule has 0 aliphatic heterocycles. The van der Waals surface area contributed by atoms with E-state index in [1.54, 1.807) is 24.3 Å². The predicted molar refractivity (Wildman–Crippen MR) is 93.9 cm³/mol. The normalized spacial score (nSPS) is 11.4. The minimum Gasteiger partial charge on any atom is -0.486 e. The van der Waals surface area contributed by atoms with Crippen LogP contribution in [0.5, 0.6) is 5.75 Å². The minimum absolute atomic E-state index is 0.0373. The summed E-state index contributed by atoms with van der Waals surface area (Å²) < 4.78 is 50.7. The van der Waals surface area contributed by atoms with Gasteiger partial charge in [0.25, 0.3) is 0 Å². The van der Waals surface area contributed by atoms with Gasteiger partial charge in [0.15, 0.2) is 11.4 Å². The standard InChI is InChI=1S/C19H13ClF3NO3/c1-26-18(25)16-17(27-10-11-5-3-2-4-6-11)12-7-8-14(20)15(19(21,22)23)13(12)9-24-16/h2-9H,10H2,1H3. The molecule has 0 radical (unpaired) electrons. The van der Waals surface area contributed by atoms with Gasteiger partial charge in [-0.25, -0.2) is 9.78 Å². The Balaban J connectivity index is 2.19. The number of carbonyl (C=O) groups excluding carboxylic acids is 1. The zero-order chi connectivity index (χ0) is 19.6. The number of alkyl halides is 3. The smallest absolute Gasteiger partial charge is 0.418 e. The second kappa shape index (κ2) is 7.44. The van der Waals surface area contributed by atoms with Crippen LogP contribution >= 0.6 is 11.6 Å². The Hall–Kier alpha value is -2.80. The van der Waals surface area contributed by atoms with Crippen LogP contribution in [0.1, 0.15) is 21.6 Å². The summed E-state index contributed by atoms with van der Waals surface area (Å²) in [7, 11) is 1.15. The fourth-order valence-electron chi connectivity index (χ4n) is 2.65. The molecular formula is C19H13ClF3NO3. The van der Waals surface area contributed by atoms with E-state index in [1.807, 2.05) is 6.07 Å². The van der Waals surface area contributed by atoms with Crippen LogP contribution < -0.4 is 4.74 Å². The minimum atomic E-state index is -4.69. The van der Waals surface area contributed by atoms with Gasteiger partial charge >= 0.3 is 12.1 Å². The molecule has 0 saturated heterocycles. The quantitative estimate of drug-likeness (QED) is 0.564. The third-order valence-electron chi connectivity index (χ3n) is 3.87. The lowest BCUT2D eigenvalue weighted by Crippen LogP contribution is -2.11. The average molecular weight is 396 g/mol. The number of rotatable bonds is 4. The third kappa shape index (κ3) is 3.83. The first kappa shape index (κ1) is 19.0. The Morgan fingerprint density at radius 3 is 2.44 bits per heavy atom. The molecule has 0 spiro atoms. The largest absolute Gasteiger partial charge is 0.486 e. The number of hydrogen-bond acceptors (Lipinski definition) is 4. The highest BCUT2D eigenvalue weighted by atomic mass is 35.5. The van der Waals surface area contributed by atoms with Crippen molar-refractivity contribution in [3.8, 4) is 5.75 Å². The number of pyridine rings is 1. The fraction of sp³-hybridized carbons (Fsp3) is 0.158. The summed E-state index contributed by atoms with van der Waals surface area (Å²) in [6.07, 6.45) is -3.74. The highest BCUT2D eigenvalue weighted by Crippen LogP contribution is 2.42. The Morgan fingerprint density at radius 2 is 1.81 bits per heavy atom. The molecule has 1 aromatic heterocycles. The van der Waals surface area contributed by atoms with Crippen molar-refractivity contribution in [1.82, 2.24) is 4.98 Å². The Bertz CT molecular complexity index is 991. The monoisotopic (exact) mass is 395 g/mol. The van der Waals surface area contributed by atoms with Gasteiger partial charge in [-0.2, -0.15) is 13.2 Å². The van der Waals surface area contributed by atoms with Crippen LogP contribution in [0.4, 0.5) is 13.2 Å². The Morgan fingerprint density at radius 1 is 1.11 bits per heavy atom. The zero-order valence-electron chi connectivity index (χ0n) is 14.0. The van der Waals surface area contributed by atoms with Crippen molar-refractivity contribution >= 4 is 28.3 Å². The van der Waals surface area contributed by atoms with E-state index in [1.165, 1.54) is 6.07 Å². The van der Waals surface area contributed by atoms with Crippen LogP contribution in [0.25, 0.3) is 10.8 Å². The van der Waals surface area contributed by atoms with E-state index in [0.29, 0.717) is 0 Å². The number of nitrogens with zero attached hydrogens (tertiary/aromatic N) is 1. The number of halogens is 4. The van der Waals surface area contributed by atoms with Gasteiger partial charge in [-0.1, -0.05) is 41.9 Å². The van der Waals surface area contributed by atoms with Crippen molar-refractivity contribution in [2.75, 3.05) is 7.11 Å². The number of fused-ring (bicyclic) bond motifs is 1. The number of carbonyl (C=O) groups is 1. The van der Waals surface area contributed by atoms with Crippen LogP contribution in [0.2, 0.25) is 5.02 Å². The molecule has 140 valence electrons. The topological polar surface area (TPSA) is 48.4 Å². The maximum Gasteiger partial charge on any atom is 0.418 e. The first-order valence-corrected chi connectivity index (χ1v) is 8.14. The molecule has 0 bridgehead atoms. The molecule has 0 saturated carbocycles. The number of methoxy groups -OCH3 is 1. The highest BCUT2D eigenvalue weighted by Gasteiger charge is 2.36. The molecule has 0 unspecified atom stereocenters. The molecule has 0 amide bonds. The molecule has 27 heavy (non-hydrogen) atoms. The molecule has 0 aliphatic rings. The molecule has 0 fully saturated rings. The number of hydrogen-bond donors (Lipinski definition) is 0. The van der Waals surface area contributed by atoms with Crippen LogP contribution in [0, 0.1) is 0 Å². The van der Waals surface area contributed by atoms with Crippen molar-refractivity contribution in [2.24, 2.45) is 0 Å². The van der Waals surface area contributed by atoms with Gasteiger partial charge in [0, 0.05) is 17.0 Å². The van der Waals surface area contributed by atoms with E-state index in [-0.39, 0.29) is 28.8 Å². The highest BCUT2D eigenvalue weighted by molar-refractivity contribution is 6.32. The average Bonchev–Trinajstić information content (AvgIpc) is 2.64. The Labute approximate surface area is 157 Å². The summed E-state index contributed by atoms with van der Waals surface area (Å²) in [6, 6.07) is 11.5. The molecule has 2 aromatic carbocycles. The molecule has 0 aliphatic carbocycles. The van der Waals surface area contributed by atoms with E-state index >= 15 is 0 Å². The predicted octanol–water partition coefficient (Wildman–Crippen LogP) is 5.27. The van der Waals surface area contributed by atoms with Gasteiger partial charge in [0.2, 0.25) is 0 Å². The van der Waals surface area contributed by atoms with Crippen LogP contribution in [-0.4, -0.2) is 18.1 Å². The summed E-state index contributed by atoms with van der Waals surface area (Å²) in [6.45, 7) is 0.0373. The van der Waals surface area contributed by atoms with Crippen LogP contribution in [0.3, 0.4) is 0 Å². The van der Waals surface area contributed by atoms with Gasteiger partial charge < -0.3 is 9.47 Å². The first-order valence-electron chi connectivity index (χ1n) is 7.76. The van der Waals surface area contributed by atoms with Gasteiger partial charge in [0.1, 0.15) is 6.61 Å². The van der Waals surface area contributed by atoms with E-state index < -0.39 is 22.7 Å². The molecule has 0 N–H and O–H groups in total. The van der Waals surface area contributed by atoms with Gasteiger partial charge in [-0.3, -0.25) is 0 Å². The lowest BCUT2D eigenvalue weighted by molar-refractivity contribution is -0.136. The van der Waals surface area contributed by atoms with E-state index in [2.05, 4.69) is 9.72 Å². The lowest BCUT2D eigenvalue weighted by Gasteiger charge is -2.16. The number of aromatic nitrogens is 1. The van der Waals surface area contributed by atoms with Gasteiger partial charge in [-0.05, 0) is 17.7 Å². The van der Waals surface area contributed by atoms with Gasteiger partial charge in [0.05, 0.1) is 17.7 Å². The van der Waals surface area contributed by atoms with E-state index in [9.17, 15) is 18.0 Å². The van der Waals surface area contributed by atoms with E-state index in [0.717, 1.165) is 24.9 Å². The second-order valence-electron chi connectivity index (χ2n) is 5.58. The van der Waals surface area contributed by atoms with Crippen molar-refractivity contribution in [3.05, 3.63) is 70.5 Å². The van der Waals surface area contributed by atoms with Crippen molar-refractivity contribution < 1.29 is 27.4 Å². The van der Waals surface area contributed by atoms with Crippen molar-refractivity contribution in [2.45, 2.75) is 12.8 Å². The van der Waals surface area contributed by atoms with Crippen molar-refractivity contribution in [1.29, 1.82) is 0 Å². The summed E-state index contributed by atoms with van der Waals surface area (Å²) in [4.78, 5) is 15.9. The summed E-state index contributed by atoms with van der Waals surface area (Å²) >= 11 is 5.76. The fourth-order valence-corrected chi connectivity index (χ4v) is 2.92. The molecule has 3 aromatic rings. The maximum absolute atomic E-state index is 13.4. The molecule has 3 rings (SSSR count). The first-order chi connectivity index (χ1) is 12.8. The van der Waals surface area contributed by atoms with Crippen LogP contribution in [0.15, 0.2) is 48.7 Å². The number of benzene rings is 2. The SMILES string of the molecule is COC(=O)c1ncc2c(C(F)(F)F)c(Cl)ccc2c1OCc1ccccc1. The molecule has 8 heteroatoms. The molecule has 1 heterocycles. The second-order valence-corrected chi connectivity index (χ2v) is 5.99. The zero-order valence-corrected chi connectivity index (χ0v) is 14.8. The molecule has 0 atom stereocenters. The van der Waals surface area contributed by atoms with Gasteiger partial charge in [-0.15, -0.1) is 0 Å². The Kier molecular flexibility index (Phi) is 5.23. The molecular weight excluding hydrogens is 383 g/mol. The summed E-state index contributed by atoms with van der Waals surface area (Å²) in [5, 5.41) is -0.652. The number of ether oxygens (including phenoxy) is 2. The molecule has 4 nitrogen and oxygen atoms in total. The van der Waals surface area contributed by atoms with Crippen LogP contribution in [-0.2, 0) is 17.5 Å².